The van der Waals surface area contributed by atoms with Crippen molar-refractivity contribution in [2.24, 2.45) is 12.2 Å². The van der Waals surface area contributed by atoms with Gasteiger partial charge < -0.3 is 14.1 Å². The molecule has 0 radical (unpaired) electrons. The van der Waals surface area contributed by atoms with Crippen molar-refractivity contribution in [1.82, 2.24) is 4.57 Å². The Kier molecular flexibility index (Phi) is 5.15. The van der Waals surface area contributed by atoms with Crippen LogP contribution in [0.2, 0.25) is 0 Å². The fourth-order valence-corrected chi connectivity index (χ4v) is 1.76. The molecule has 0 aliphatic heterocycles. The lowest BCUT2D eigenvalue weighted by Crippen LogP contribution is -2.13. The predicted molar refractivity (Wildman–Crippen MR) is 81.7 cm³/mol. The number of aromatic nitrogens is 1. The van der Waals surface area contributed by atoms with Crippen molar-refractivity contribution in [3.8, 4) is 5.75 Å². The van der Waals surface area contributed by atoms with Crippen LogP contribution in [0.3, 0.4) is 0 Å². The minimum Gasteiger partial charge on any atom is -0.483 e. The molecule has 2 aromatic rings. The van der Waals surface area contributed by atoms with E-state index in [1.165, 1.54) is 12.3 Å². The Morgan fingerprint density at radius 1 is 1.29 bits per heavy atom. The van der Waals surface area contributed by atoms with Crippen LogP contribution in [0.1, 0.15) is 18.2 Å². The predicted octanol–water partition coefficient (Wildman–Crippen LogP) is 2.33. The Hall–Kier alpha value is -2.56. The lowest BCUT2D eigenvalue weighted by Gasteiger charge is -2.09. The van der Waals surface area contributed by atoms with Crippen molar-refractivity contribution in [3.05, 3.63) is 64.1 Å². The summed E-state index contributed by atoms with van der Waals surface area (Å²) in [6.07, 6.45) is 3.16. The summed E-state index contributed by atoms with van der Waals surface area (Å²) in [6, 6.07) is 11.2. The van der Waals surface area contributed by atoms with Gasteiger partial charge in [-0.2, -0.15) is 0 Å². The zero-order valence-electron chi connectivity index (χ0n) is 12.2. The summed E-state index contributed by atoms with van der Waals surface area (Å²) in [7, 11) is 1.82. The second kappa shape index (κ2) is 7.28. The third-order valence-electron chi connectivity index (χ3n) is 2.87. The Labute approximate surface area is 123 Å². The van der Waals surface area contributed by atoms with Crippen molar-refractivity contribution < 1.29 is 9.57 Å². The molecule has 0 N–H and O–H groups in total. The van der Waals surface area contributed by atoms with Crippen LogP contribution >= 0.6 is 0 Å². The van der Waals surface area contributed by atoms with Crippen LogP contribution < -0.4 is 10.2 Å². The van der Waals surface area contributed by atoms with E-state index < -0.39 is 0 Å². The Morgan fingerprint density at radius 3 is 2.76 bits per heavy atom. The summed E-state index contributed by atoms with van der Waals surface area (Å²) in [5.74, 6) is 0.315. The van der Waals surface area contributed by atoms with E-state index in [2.05, 4.69) is 5.16 Å². The number of pyridine rings is 1. The minimum atomic E-state index is -0.179. The second-order valence-electron chi connectivity index (χ2n) is 4.46. The van der Waals surface area contributed by atoms with Crippen molar-refractivity contribution in [1.29, 1.82) is 0 Å². The van der Waals surface area contributed by atoms with Crippen molar-refractivity contribution in [2.45, 2.75) is 13.5 Å². The summed E-state index contributed by atoms with van der Waals surface area (Å²) in [6.45, 7) is 2.70. The molecule has 0 amide bonds. The Balaban J connectivity index is 2.11. The van der Waals surface area contributed by atoms with Gasteiger partial charge in [-0.1, -0.05) is 35.5 Å². The van der Waals surface area contributed by atoms with Gasteiger partial charge in [0.05, 0.1) is 18.1 Å². The second-order valence-corrected chi connectivity index (χ2v) is 4.46. The molecule has 0 unspecified atom stereocenters. The highest BCUT2D eigenvalue weighted by Crippen LogP contribution is 2.08. The molecule has 5 heteroatoms. The maximum atomic E-state index is 12.0. The average Bonchev–Trinajstić information content (AvgIpc) is 2.50. The van der Waals surface area contributed by atoms with Gasteiger partial charge in [-0.15, -0.1) is 0 Å². The summed E-state index contributed by atoms with van der Waals surface area (Å²) in [4.78, 5) is 16.9. The molecule has 0 atom stereocenters. The normalized spacial score (nSPS) is 10.8. The van der Waals surface area contributed by atoms with Crippen LogP contribution in [0.5, 0.6) is 5.75 Å². The molecule has 2 rings (SSSR count). The molecule has 0 spiro atoms. The van der Waals surface area contributed by atoms with E-state index in [0.29, 0.717) is 24.7 Å². The molecule has 0 saturated heterocycles. The van der Waals surface area contributed by atoms with Crippen LogP contribution in [-0.2, 0) is 18.5 Å². The average molecular weight is 286 g/mol. The molecular weight excluding hydrogens is 268 g/mol. The highest BCUT2D eigenvalue weighted by molar-refractivity contribution is 5.76. The van der Waals surface area contributed by atoms with Gasteiger partial charge in [-0.3, -0.25) is 4.79 Å². The molecule has 5 nitrogen and oxygen atoms in total. The van der Waals surface area contributed by atoms with E-state index in [0.717, 1.165) is 5.56 Å². The van der Waals surface area contributed by atoms with Gasteiger partial charge in [0.1, 0.15) is 13.2 Å². The van der Waals surface area contributed by atoms with Crippen LogP contribution in [0.25, 0.3) is 0 Å². The zero-order chi connectivity index (χ0) is 15.1. The molecule has 1 aromatic heterocycles. The fourth-order valence-electron chi connectivity index (χ4n) is 1.76. The van der Waals surface area contributed by atoms with E-state index in [4.69, 9.17) is 9.57 Å². The van der Waals surface area contributed by atoms with Gasteiger partial charge in [0.25, 0.3) is 0 Å². The lowest BCUT2D eigenvalue weighted by atomic mass is 10.2. The zero-order valence-corrected chi connectivity index (χ0v) is 12.2. The van der Waals surface area contributed by atoms with E-state index in [-0.39, 0.29) is 5.43 Å². The topological polar surface area (TPSA) is 52.8 Å². The number of nitrogens with zero attached hydrogens (tertiary/aromatic N) is 2. The highest BCUT2D eigenvalue weighted by Gasteiger charge is 2.05. The molecule has 0 bridgehead atoms. The smallest absolute Gasteiger partial charge is 0.224 e. The molecule has 0 saturated carbocycles. The monoisotopic (exact) mass is 286 g/mol. The van der Waals surface area contributed by atoms with Crippen molar-refractivity contribution >= 4 is 6.21 Å². The van der Waals surface area contributed by atoms with Gasteiger partial charge in [0.2, 0.25) is 5.43 Å². The number of ether oxygens (including phenoxy) is 1. The van der Waals surface area contributed by atoms with E-state index in [1.54, 1.807) is 10.8 Å². The highest BCUT2D eigenvalue weighted by atomic mass is 16.6. The van der Waals surface area contributed by atoms with Gasteiger partial charge in [-0.25, -0.2) is 0 Å². The molecule has 1 aromatic carbocycles. The first-order chi connectivity index (χ1) is 10.2. The van der Waals surface area contributed by atoms with Crippen molar-refractivity contribution in [3.63, 3.8) is 0 Å². The van der Waals surface area contributed by atoms with Crippen LogP contribution in [0.4, 0.5) is 0 Å². The third kappa shape index (κ3) is 4.21. The largest absolute Gasteiger partial charge is 0.483 e. The fraction of sp³-hybridized carbons (Fsp3) is 0.250. The van der Waals surface area contributed by atoms with Crippen LogP contribution in [0.15, 0.2) is 52.5 Å². The summed E-state index contributed by atoms with van der Waals surface area (Å²) in [5, 5.41) is 3.76. The van der Waals surface area contributed by atoms with E-state index >= 15 is 0 Å². The molecule has 0 aliphatic rings. The first-order valence-corrected chi connectivity index (χ1v) is 6.73. The summed E-state index contributed by atoms with van der Waals surface area (Å²) < 4.78 is 7.34. The molecule has 21 heavy (non-hydrogen) atoms. The first kappa shape index (κ1) is 14.8. The lowest BCUT2D eigenvalue weighted by molar-refractivity contribution is 0.160. The minimum absolute atomic E-state index is 0.179. The third-order valence-corrected chi connectivity index (χ3v) is 2.87. The number of aryl methyl sites for hydroxylation is 1. The first-order valence-electron chi connectivity index (χ1n) is 6.73. The number of oxime groups is 1. The quantitative estimate of drug-likeness (QED) is 0.605. The van der Waals surface area contributed by atoms with Gasteiger partial charge >= 0.3 is 0 Å². The van der Waals surface area contributed by atoms with E-state index in [9.17, 15) is 4.79 Å². The molecular formula is C16H18N2O3. The van der Waals surface area contributed by atoms with E-state index in [1.807, 2.05) is 44.3 Å². The maximum Gasteiger partial charge on any atom is 0.224 e. The number of benzene rings is 1. The van der Waals surface area contributed by atoms with Gasteiger partial charge in [0.15, 0.2) is 5.75 Å². The molecule has 1 heterocycles. The summed E-state index contributed by atoms with van der Waals surface area (Å²) >= 11 is 0. The van der Waals surface area contributed by atoms with Gasteiger partial charge in [-0.05, 0) is 12.5 Å². The standard InChI is InChI=1S/C16H18N2O3/c1-3-21-17-10-14-9-15(19)16(11-18(14)2)20-12-13-7-5-4-6-8-13/h4-11H,3,12H2,1-2H3. The number of rotatable bonds is 6. The number of hydrogen-bond donors (Lipinski definition) is 0. The maximum absolute atomic E-state index is 12.0. The Morgan fingerprint density at radius 2 is 2.05 bits per heavy atom. The van der Waals surface area contributed by atoms with Crippen LogP contribution in [0, 0.1) is 0 Å². The Bertz CT molecular complexity index is 663. The van der Waals surface area contributed by atoms with Crippen LogP contribution in [-0.4, -0.2) is 17.4 Å². The number of hydrogen-bond acceptors (Lipinski definition) is 4. The SMILES string of the molecule is CCON=Cc1cc(=O)c(OCc2ccccc2)cn1C. The molecule has 0 aliphatic carbocycles. The molecule has 0 fully saturated rings. The summed E-state index contributed by atoms with van der Waals surface area (Å²) in [5.41, 5.74) is 1.49. The molecule has 110 valence electrons. The van der Waals surface area contributed by atoms with Gasteiger partial charge in [0, 0.05) is 13.1 Å². The van der Waals surface area contributed by atoms with Crippen molar-refractivity contribution in [2.75, 3.05) is 6.61 Å².